The number of rotatable bonds is 8. The molecule has 0 heterocycles. The highest BCUT2D eigenvalue weighted by molar-refractivity contribution is 9.10. The number of alkyl halides is 3. The fourth-order valence-electron chi connectivity index (χ4n) is 1.98. The standard InChI is InChI=1S/C15H21BrF3NO/c1-3-6-20-10-12-9-13(16)8-11(2)14(12)21-7-4-5-15(17,18)19/h8-9,20H,3-7,10H2,1-2H3. The van der Waals surface area contributed by atoms with Gasteiger partial charge in [0, 0.05) is 23.0 Å². The first-order chi connectivity index (χ1) is 9.83. The minimum atomic E-state index is -4.12. The van der Waals surface area contributed by atoms with Crippen molar-refractivity contribution in [3.8, 4) is 5.75 Å². The molecule has 21 heavy (non-hydrogen) atoms. The molecule has 0 aliphatic rings. The van der Waals surface area contributed by atoms with Gasteiger partial charge in [0.1, 0.15) is 5.75 Å². The summed E-state index contributed by atoms with van der Waals surface area (Å²) in [5, 5.41) is 3.28. The first-order valence-electron chi connectivity index (χ1n) is 7.02. The van der Waals surface area contributed by atoms with Crippen LogP contribution in [0.4, 0.5) is 13.2 Å². The summed E-state index contributed by atoms with van der Waals surface area (Å²) in [6.07, 6.45) is -3.94. The second kappa shape index (κ2) is 8.63. The van der Waals surface area contributed by atoms with Crippen LogP contribution in [0.1, 0.15) is 37.3 Å². The molecule has 6 heteroatoms. The topological polar surface area (TPSA) is 21.3 Å². The minimum absolute atomic E-state index is 0.0270. The second-order valence-electron chi connectivity index (χ2n) is 4.95. The van der Waals surface area contributed by atoms with Gasteiger partial charge in [-0.15, -0.1) is 0 Å². The first-order valence-corrected chi connectivity index (χ1v) is 7.82. The highest BCUT2D eigenvalue weighted by Crippen LogP contribution is 2.29. The van der Waals surface area contributed by atoms with Crippen LogP contribution in [0.25, 0.3) is 0 Å². The smallest absolute Gasteiger partial charge is 0.389 e. The summed E-state index contributed by atoms with van der Waals surface area (Å²) in [5.41, 5.74) is 1.88. The molecule has 120 valence electrons. The Labute approximate surface area is 132 Å². The van der Waals surface area contributed by atoms with Crippen molar-refractivity contribution in [3.05, 3.63) is 27.7 Å². The van der Waals surface area contributed by atoms with Gasteiger partial charge in [-0.05, 0) is 44.0 Å². The van der Waals surface area contributed by atoms with Crippen LogP contribution >= 0.6 is 15.9 Å². The molecule has 1 aromatic carbocycles. The van der Waals surface area contributed by atoms with E-state index in [0.29, 0.717) is 12.3 Å². The minimum Gasteiger partial charge on any atom is -0.493 e. The molecule has 0 saturated carbocycles. The van der Waals surface area contributed by atoms with Crippen molar-refractivity contribution in [2.24, 2.45) is 0 Å². The van der Waals surface area contributed by atoms with Crippen molar-refractivity contribution in [1.82, 2.24) is 5.32 Å². The van der Waals surface area contributed by atoms with E-state index in [0.717, 1.165) is 28.6 Å². The number of ether oxygens (including phenoxy) is 1. The zero-order valence-electron chi connectivity index (χ0n) is 12.3. The Morgan fingerprint density at radius 2 is 2.00 bits per heavy atom. The molecule has 0 atom stereocenters. The Morgan fingerprint density at radius 1 is 1.29 bits per heavy atom. The summed E-state index contributed by atoms with van der Waals surface area (Å²) >= 11 is 3.43. The van der Waals surface area contributed by atoms with Crippen LogP contribution in [0.15, 0.2) is 16.6 Å². The van der Waals surface area contributed by atoms with Crippen molar-refractivity contribution < 1.29 is 17.9 Å². The largest absolute Gasteiger partial charge is 0.493 e. The molecule has 1 aromatic rings. The molecule has 0 unspecified atom stereocenters. The molecule has 0 saturated heterocycles. The molecule has 2 nitrogen and oxygen atoms in total. The second-order valence-corrected chi connectivity index (χ2v) is 5.87. The molecule has 1 N–H and O–H groups in total. The molecule has 0 aliphatic carbocycles. The molecule has 0 radical (unpaired) electrons. The van der Waals surface area contributed by atoms with E-state index < -0.39 is 12.6 Å². The van der Waals surface area contributed by atoms with Gasteiger partial charge in [0.2, 0.25) is 0 Å². The molecule has 0 amide bonds. The maximum atomic E-state index is 12.1. The van der Waals surface area contributed by atoms with Crippen LogP contribution in [-0.4, -0.2) is 19.3 Å². The normalized spacial score (nSPS) is 11.7. The zero-order valence-corrected chi connectivity index (χ0v) is 13.9. The highest BCUT2D eigenvalue weighted by atomic mass is 79.9. The van der Waals surface area contributed by atoms with Crippen molar-refractivity contribution >= 4 is 15.9 Å². The van der Waals surface area contributed by atoms with Crippen LogP contribution in [0.3, 0.4) is 0 Å². The third-order valence-electron chi connectivity index (χ3n) is 2.91. The van der Waals surface area contributed by atoms with E-state index in [1.54, 1.807) is 0 Å². The van der Waals surface area contributed by atoms with Gasteiger partial charge in [-0.3, -0.25) is 0 Å². The van der Waals surface area contributed by atoms with Gasteiger partial charge >= 0.3 is 6.18 Å². The lowest BCUT2D eigenvalue weighted by molar-refractivity contribution is -0.136. The third-order valence-corrected chi connectivity index (χ3v) is 3.37. The van der Waals surface area contributed by atoms with Crippen LogP contribution < -0.4 is 10.1 Å². The average Bonchev–Trinajstić information content (AvgIpc) is 2.35. The fraction of sp³-hybridized carbons (Fsp3) is 0.600. The van der Waals surface area contributed by atoms with E-state index in [1.165, 1.54) is 0 Å². The summed E-state index contributed by atoms with van der Waals surface area (Å²) in [5.74, 6) is 0.684. The van der Waals surface area contributed by atoms with Gasteiger partial charge < -0.3 is 10.1 Å². The fourth-order valence-corrected chi connectivity index (χ4v) is 2.60. The predicted octanol–water partition coefficient (Wildman–Crippen LogP) is 4.98. The molecular weight excluding hydrogens is 347 g/mol. The zero-order chi connectivity index (χ0) is 15.9. The van der Waals surface area contributed by atoms with Crippen LogP contribution in [0, 0.1) is 6.92 Å². The molecule has 0 bridgehead atoms. The van der Waals surface area contributed by atoms with Gasteiger partial charge in [-0.1, -0.05) is 22.9 Å². The van der Waals surface area contributed by atoms with E-state index in [9.17, 15) is 13.2 Å². The Hall–Kier alpha value is -0.750. The summed E-state index contributed by atoms with van der Waals surface area (Å²) in [4.78, 5) is 0. The van der Waals surface area contributed by atoms with E-state index in [2.05, 4.69) is 28.2 Å². The highest BCUT2D eigenvalue weighted by Gasteiger charge is 2.26. The van der Waals surface area contributed by atoms with Crippen LogP contribution in [0.5, 0.6) is 5.75 Å². The van der Waals surface area contributed by atoms with Crippen molar-refractivity contribution in [1.29, 1.82) is 0 Å². The van der Waals surface area contributed by atoms with Crippen molar-refractivity contribution in [2.75, 3.05) is 13.2 Å². The van der Waals surface area contributed by atoms with Gasteiger partial charge in [0.05, 0.1) is 6.61 Å². The molecule has 1 rings (SSSR count). The Kier molecular flexibility index (Phi) is 7.52. The third kappa shape index (κ3) is 7.18. The maximum Gasteiger partial charge on any atom is 0.389 e. The molecule has 0 aliphatic heterocycles. The number of halogens is 4. The van der Waals surface area contributed by atoms with Gasteiger partial charge in [0.25, 0.3) is 0 Å². The first kappa shape index (κ1) is 18.3. The lowest BCUT2D eigenvalue weighted by Crippen LogP contribution is -2.16. The quantitative estimate of drug-likeness (QED) is 0.654. The predicted molar refractivity (Wildman–Crippen MR) is 81.7 cm³/mol. The van der Waals surface area contributed by atoms with E-state index in [4.69, 9.17) is 4.74 Å². The SMILES string of the molecule is CCCNCc1cc(Br)cc(C)c1OCCCC(F)(F)F. The van der Waals surface area contributed by atoms with Crippen LogP contribution in [0.2, 0.25) is 0 Å². The van der Waals surface area contributed by atoms with Crippen LogP contribution in [-0.2, 0) is 6.54 Å². The Balaban J connectivity index is 2.65. The molecular formula is C15H21BrF3NO. The van der Waals surface area contributed by atoms with Gasteiger partial charge in [0.15, 0.2) is 0 Å². The van der Waals surface area contributed by atoms with E-state index >= 15 is 0 Å². The molecule has 0 spiro atoms. The number of hydrogen-bond acceptors (Lipinski definition) is 2. The molecule has 0 fully saturated rings. The Morgan fingerprint density at radius 3 is 2.62 bits per heavy atom. The maximum absolute atomic E-state index is 12.1. The summed E-state index contributed by atoms with van der Waals surface area (Å²) in [7, 11) is 0. The van der Waals surface area contributed by atoms with E-state index in [1.807, 2.05) is 19.1 Å². The average molecular weight is 368 g/mol. The van der Waals surface area contributed by atoms with Crippen molar-refractivity contribution in [3.63, 3.8) is 0 Å². The number of hydrogen-bond donors (Lipinski definition) is 1. The van der Waals surface area contributed by atoms with E-state index in [-0.39, 0.29) is 13.0 Å². The van der Waals surface area contributed by atoms with Gasteiger partial charge in [-0.2, -0.15) is 13.2 Å². The summed E-state index contributed by atoms with van der Waals surface area (Å²) in [6.45, 7) is 5.57. The monoisotopic (exact) mass is 367 g/mol. The summed E-state index contributed by atoms with van der Waals surface area (Å²) < 4.78 is 42.9. The van der Waals surface area contributed by atoms with Gasteiger partial charge in [-0.25, -0.2) is 0 Å². The Bertz CT molecular complexity index is 449. The lowest BCUT2D eigenvalue weighted by Gasteiger charge is -2.16. The lowest BCUT2D eigenvalue weighted by atomic mass is 10.1. The van der Waals surface area contributed by atoms with Crippen molar-refractivity contribution in [2.45, 2.75) is 45.8 Å². The molecule has 0 aromatic heterocycles. The number of nitrogens with one attached hydrogen (secondary N) is 1. The number of benzene rings is 1. The summed E-state index contributed by atoms with van der Waals surface area (Å²) in [6, 6.07) is 3.84. The number of aryl methyl sites for hydroxylation is 1.